The normalized spacial score (nSPS) is 54.3. The van der Waals surface area contributed by atoms with Gasteiger partial charge in [-0.15, -0.1) is 0 Å². The van der Waals surface area contributed by atoms with E-state index < -0.39 is 5.79 Å². The molecule has 6 rings (SSSR count). The van der Waals surface area contributed by atoms with Crippen molar-refractivity contribution >= 4 is 0 Å². The first-order chi connectivity index (χ1) is 9.28. The summed E-state index contributed by atoms with van der Waals surface area (Å²) in [5.41, 5.74) is 0. The lowest BCUT2D eigenvalue weighted by molar-refractivity contribution is -0.389. The molecule has 2 spiro atoms. The molecule has 0 N–H and O–H groups in total. The Balaban J connectivity index is 1.46. The van der Waals surface area contributed by atoms with Crippen molar-refractivity contribution in [1.29, 1.82) is 0 Å². The van der Waals surface area contributed by atoms with Gasteiger partial charge in [-0.25, -0.2) is 0 Å². The Hall–Kier alpha value is -0.120. The maximum atomic E-state index is 6.58. The molecule has 6 fully saturated rings. The highest BCUT2D eigenvalue weighted by Crippen LogP contribution is 2.63. The van der Waals surface area contributed by atoms with Crippen molar-refractivity contribution in [3.8, 4) is 0 Å². The van der Waals surface area contributed by atoms with Crippen LogP contribution in [0.4, 0.5) is 0 Å². The summed E-state index contributed by atoms with van der Waals surface area (Å²) < 4.78 is 6.58. The lowest BCUT2D eigenvalue weighted by Crippen LogP contribution is -2.59. The van der Waals surface area contributed by atoms with Gasteiger partial charge in [-0.3, -0.25) is 0 Å². The summed E-state index contributed by atoms with van der Waals surface area (Å²) >= 11 is 0. The van der Waals surface area contributed by atoms with Gasteiger partial charge in [-0.1, -0.05) is 0 Å². The second kappa shape index (κ2) is 3.75. The van der Waals surface area contributed by atoms with Gasteiger partial charge in [0.25, 0.3) is 0 Å². The van der Waals surface area contributed by atoms with E-state index in [1.165, 1.54) is 44.9 Å². The number of ether oxygens (including phenoxy) is 1. The van der Waals surface area contributed by atoms with Crippen LogP contribution in [0.2, 0.25) is 0 Å². The van der Waals surface area contributed by atoms with E-state index in [0.29, 0.717) is 11.8 Å². The van der Waals surface area contributed by atoms with Crippen LogP contribution >= 0.6 is 0 Å². The molecule has 19 heavy (non-hydrogen) atoms. The van der Waals surface area contributed by atoms with Gasteiger partial charge in [0.1, 0.15) is 0 Å². The van der Waals surface area contributed by atoms with Crippen LogP contribution in [0.25, 0.3) is 0 Å². The molecule has 1 aliphatic heterocycles. The molecule has 1 radical (unpaired) electrons. The predicted molar refractivity (Wildman–Crippen MR) is 68.5 cm³/mol. The lowest BCUT2D eigenvalue weighted by Gasteiger charge is -2.57. The second-order valence-corrected chi connectivity index (χ2v) is 7.59. The minimum absolute atomic E-state index is 0.376. The molecule has 0 aromatic rings. The van der Waals surface area contributed by atoms with E-state index in [-0.39, 0.29) is 5.79 Å². The van der Waals surface area contributed by atoms with Gasteiger partial charge in [0.2, 0.25) is 11.6 Å². The lowest BCUT2D eigenvalue weighted by atomic mass is 9.53. The Morgan fingerprint density at radius 1 is 0.895 bits per heavy atom. The van der Waals surface area contributed by atoms with E-state index >= 15 is 0 Å². The Bertz CT molecular complexity index is 357. The molecule has 4 bridgehead atoms. The average Bonchev–Trinajstić information content (AvgIpc) is 2.77. The van der Waals surface area contributed by atoms with Crippen LogP contribution < -0.4 is 0 Å². The van der Waals surface area contributed by atoms with Crippen LogP contribution in [0, 0.1) is 30.1 Å². The average molecular weight is 263 g/mol. The van der Waals surface area contributed by atoms with Crippen molar-refractivity contribution in [2.24, 2.45) is 23.7 Å². The van der Waals surface area contributed by atoms with E-state index in [9.17, 15) is 0 Å². The number of rotatable bonds is 0. The van der Waals surface area contributed by atoms with E-state index in [1.807, 2.05) is 0 Å². The van der Waals surface area contributed by atoms with E-state index in [1.54, 1.807) is 0 Å². The van der Waals surface area contributed by atoms with Crippen LogP contribution in [0.5, 0.6) is 0 Å². The van der Waals surface area contributed by atoms with Gasteiger partial charge < -0.3 is 4.74 Å². The molecular weight excluding hydrogens is 240 g/mol. The first-order valence-corrected chi connectivity index (χ1v) is 8.17. The zero-order valence-corrected chi connectivity index (χ0v) is 11.5. The fourth-order valence-corrected chi connectivity index (χ4v) is 5.72. The maximum absolute atomic E-state index is 6.58. The van der Waals surface area contributed by atoms with Gasteiger partial charge in [-0.2, -0.15) is 9.78 Å². The first kappa shape index (κ1) is 11.5. The Labute approximate surface area is 114 Å². The summed E-state index contributed by atoms with van der Waals surface area (Å²) in [6.07, 6.45) is 13.2. The molecule has 0 aromatic carbocycles. The third-order valence-corrected chi connectivity index (χ3v) is 6.37. The van der Waals surface area contributed by atoms with Crippen molar-refractivity contribution in [2.75, 3.05) is 0 Å². The highest BCUT2D eigenvalue weighted by atomic mass is 17.3. The van der Waals surface area contributed by atoms with Crippen molar-refractivity contribution < 1.29 is 14.5 Å². The molecule has 1 heterocycles. The molecule has 105 valence electrons. The smallest absolute Gasteiger partial charge is 0.210 e. The summed E-state index contributed by atoms with van der Waals surface area (Å²) in [5.74, 6) is 2.24. The highest BCUT2D eigenvalue weighted by Gasteiger charge is 2.66. The van der Waals surface area contributed by atoms with Crippen molar-refractivity contribution in [1.82, 2.24) is 0 Å². The Kier molecular flexibility index (Phi) is 2.27. The van der Waals surface area contributed by atoms with Gasteiger partial charge in [0.15, 0.2) is 0 Å². The van der Waals surface area contributed by atoms with Crippen molar-refractivity contribution in [3.05, 3.63) is 6.42 Å². The molecule has 3 heteroatoms. The standard InChI is InChI=1S/C16H23O3/c1-2-4-15(5-3-1)17-16(19-18-15)13-7-11-6-12(9-13)10-14(16)8-11/h2,11-14H,1,3-10H2. The summed E-state index contributed by atoms with van der Waals surface area (Å²) in [6.45, 7) is 0. The summed E-state index contributed by atoms with van der Waals surface area (Å²) in [5, 5.41) is 0. The van der Waals surface area contributed by atoms with Crippen molar-refractivity contribution in [2.45, 2.75) is 69.4 Å². The fourth-order valence-electron chi connectivity index (χ4n) is 5.72. The zero-order valence-electron chi connectivity index (χ0n) is 11.5. The highest BCUT2D eigenvalue weighted by molar-refractivity contribution is 5.06. The topological polar surface area (TPSA) is 27.7 Å². The first-order valence-electron chi connectivity index (χ1n) is 8.17. The summed E-state index contributed by atoms with van der Waals surface area (Å²) in [4.78, 5) is 11.8. The Morgan fingerprint density at radius 3 is 2.26 bits per heavy atom. The zero-order chi connectivity index (χ0) is 12.5. The third kappa shape index (κ3) is 1.50. The van der Waals surface area contributed by atoms with Gasteiger partial charge in [-0.05, 0) is 63.2 Å². The molecule has 5 aliphatic carbocycles. The fraction of sp³-hybridized carbons (Fsp3) is 0.938. The number of hydrogen-bond donors (Lipinski definition) is 0. The van der Waals surface area contributed by atoms with E-state index in [2.05, 4.69) is 6.42 Å². The van der Waals surface area contributed by atoms with E-state index in [0.717, 1.165) is 24.7 Å². The molecule has 0 amide bonds. The van der Waals surface area contributed by atoms with Crippen LogP contribution in [0.1, 0.15) is 57.8 Å². The van der Waals surface area contributed by atoms with Crippen LogP contribution in [0.3, 0.4) is 0 Å². The van der Waals surface area contributed by atoms with E-state index in [4.69, 9.17) is 14.5 Å². The van der Waals surface area contributed by atoms with Gasteiger partial charge in [0.05, 0.1) is 0 Å². The summed E-state index contributed by atoms with van der Waals surface area (Å²) in [6, 6.07) is 0. The minimum atomic E-state index is -0.437. The van der Waals surface area contributed by atoms with Crippen molar-refractivity contribution in [3.63, 3.8) is 0 Å². The second-order valence-electron chi connectivity index (χ2n) is 7.59. The molecular formula is C16H23O3. The molecule has 3 nitrogen and oxygen atoms in total. The van der Waals surface area contributed by atoms with Crippen LogP contribution in [-0.2, 0) is 14.5 Å². The number of hydrogen-bond acceptors (Lipinski definition) is 3. The quantitative estimate of drug-likeness (QED) is 0.625. The van der Waals surface area contributed by atoms with Gasteiger partial charge >= 0.3 is 0 Å². The molecule has 1 unspecified atom stereocenters. The molecule has 1 saturated heterocycles. The Morgan fingerprint density at radius 2 is 1.63 bits per heavy atom. The molecule has 6 aliphatic rings. The minimum Gasteiger partial charge on any atom is -0.312 e. The predicted octanol–water partition coefficient (Wildman–Crippen LogP) is 3.59. The van der Waals surface area contributed by atoms with Gasteiger partial charge in [0, 0.05) is 24.7 Å². The molecule has 0 aromatic heterocycles. The largest absolute Gasteiger partial charge is 0.312 e. The molecule has 5 saturated carbocycles. The monoisotopic (exact) mass is 263 g/mol. The SMILES string of the molecule is [CH]1CCCC2(C1)OOC1(O2)C2CC3CC(C2)CC1C3. The van der Waals surface area contributed by atoms with Crippen LogP contribution in [-0.4, -0.2) is 11.6 Å². The summed E-state index contributed by atoms with van der Waals surface area (Å²) in [7, 11) is 0. The third-order valence-electron chi connectivity index (χ3n) is 6.37. The van der Waals surface area contributed by atoms with Crippen LogP contribution in [0.15, 0.2) is 0 Å². The maximum Gasteiger partial charge on any atom is 0.210 e. The molecule has 1 atom stereocenters.